The lowest BCUT2D eigenvalue weighted by atomic mass is 10.1. The van der Waals surface area contributed by atoms with Crippen molar-refractivity contribution in [2.75, 3.05) is 21.3 Å². The van der Waals surface area contributed by atoms with E-state index in [0.29, 0.717) is 22.7 Å². The highest BCUT2D eigenvalue weighted by molar-refractivity contribution is 6.07. The number of amides is 4. The van der Waals surface area contributed by atoms with E-state index < -0.39 is 5.91 Å². The summed E-state index contributed by atoms with van der Waals surface area (Å²) in [4.78, 5) is 47.6. The van der Waals surface area contributed by atoms with E-state index in [4.69, 9.17) is 0 Å². The molecule has 2 rings (SSSR count). The lowest BCUT2D eigenvalue weighted by molar-refractivity contribution is -0.119. The van der Waals surface area contributed by atoms with Gasteiger partial charge in [0.1, 0.15) is 0 Å². The van der Waals surface area contributed by atoms with Gasteiger partial charge < -0.3 is 21.3 Å². The maximum absolute atomic E-state index is 12.9. The van der Waals surface area contributed by atoms with Crippen LogP contribution in [0.25, 0.3) is 0 Å². The van der Waals surface area contributed by atoms with Crippen molar-refractivity contribution in [1.82, 2.24) is 0 Å². The molecule has 0 spiro atoms. The lowest BCUT2D eigenvalue weighted by Crippen LogP contribution is -2.18. The van der Waals surface area contributed by atoms with Crippen molar-refractivity contribution in [2.45, 2.75) is 34.6 Å². The summed E-state index contributed by atoms with van der Waals surface area (Å²) in [6.07, 6.45) is 0. The van der Waals surface area contributed by atoms with Crippen LogP contribution in [0.3, 0.4) is 0 Å². The molecule has 0 atom stereocenters. The minimum atomic E-state index is -0.427. The Balaban J connectivity index is 2.31. The maximum atomic E-state index is 12.9. The van der Waals surface area contributed by atoms with Crippen molar-refractivity contribution < 1.29 is 19.2 Å². The third-order valence-electron chi connectivity index (χ3n) is 4.11. The summed E-state index contributed by atoms with van der Waals surface area (Å²) in [5.41, 5.74) is 2.93. The van der Waals surface area contributed by atoms with Crippen LogP contribution in [0.5, 0.6) is 0 Å². The molecule has 0 aliphatic heterocycles. The molecule has 0 saturated carbocycles. The highest BCUT2D eigenvalue weighted by atomic mass is 16.2. The second-order valence-corrected chi connectivity index (χ2v) is 7.29. The van der Waals surface area contributed by atoms with E-state index in [9.17, 15) is 19.2 Å². The SMILES string of the molecule is CC(=O)Nc1cc(NC(C)=O)cc(C(=O)Nc2cc(NC(=O)C(C)C)ccc2C)c1. The summed E-state index contributed by atoms with van der Waals surface area (Å²) >= 11 is 0. The van der Waals surface area contributed by atoms with Crippen molar-refractivity contribution >= 4 is 46.4 Å². The monoisotopic (exact) mass is 410 g/mol. The first-order valence-electron chi connectivity index (χ1n) is 9.48. The molecule has 8 nitrogen and oxygen atoms in total. The summed E-state index contributed by atoms with van der Waals surface area (Å²) in [6.45, 7) is 8.12. The van der Waals surface area contributed by atoms with E-state index >= 15 is 0 Å². The standard InChI is InChI=1S/C22H26N4O4/c1-12(2)21(29)25-17-7-6-13(3)20(11-17)26-22(30)16-8-18(23-14(4)27)10-19(9-16)24-15(5)28/h6-12H,1-5H3,(H,23,27)(H,24,28)(H,25,29)(H,26,30). The number of hydrogen-bond acceptors (Lipinski definition) is 4. The van der Waals surface area contributed by atoms with E-state index in [2.05, 4.69) is 21.3 Å². The number of benzene rings is 2. The van der Waals surface area contributed by atoms with Gasteiger partial charge in [-0.3, -0.25) is 19.2 Å². The summed E-state index contributed by atoms with van der Waals surface area (Å²) < 4.78 is 0. The van der Waals surface area contributed by atoms with Crippen LogP contribution in [-0.2, 0) is 14.4 Å². The van der Waals surface area contributed by atoms with Gasteiger partial charge in [-0.1, -0.05) is 19.9 Å². The van der Waals surface area contributed by atoms with Crippen LogP contribution in [0.2, 0.25) is 0 Å². The van der Waals surface area contributed by atoms with Crippen LogP contribution in [0.15, 0.2) is 36.4 Å². The van der Waals surface area contributed by atoms with E-state index in [-0.39, 0.29) is 29.2 Å². The molecule has 4 amide bonds. The van der Waals surface area contributed by atoms with Gasteiger partial charge in [0.2, 0.25) is 17.7 Å². The molecule has 158 valence electrons. The number of carbonyl (C=O) groups is 4. The zero-order valence-corrected chi connectivity index (χ0v) is 17.7. The van der Waals surface area contributed by atoms with Gasteiger partial charge in [0, 0.05) is 48.1 Å². The van der Waals surface area contributed by atoms with Crippen molar-refractivity contribution in [3.63, 3.8) is 0 Å². The molecule has 0 saturated heterocycles. The smallest absolute Gasteiger partial charge is 0.255 e. The molecular weight excluding hydrogens is 384 g/mol. The molecule has 0 aromatic heterocycles. The molecule has 4 N–H and O–H groups in total. The molecule has 0 aliphatic carbocycles. The second kappa shape index (κ2) is 9.69. The molecule has 0 bridgehead atoms. The Morgan fingerprint density at radius 2 is 1.30 bits per heavy atom. The van der Waals surface area contributed by atoms with Crippen molar-refractivity contribution in [3.8, 4) is 0 Å². The number of rotatable bonds is 6. The minimum absolute atomic E-state index is 0.126. The molecular formula is C22H26N4O4. The molecule has 0 fully saturated rings. The van der Waals surface area contributed by atoms with Gasteiger partial charge in [0.25, 0.3) is 5.91 Å². The van der Waals surface area contributed by atoms with Crippen molar-refractivity contribution in [1.29, 1.82) is 0 Å². The summed E-state index contributed by atoms with van der Waals surface area (Å²) in [5, 5.41) is 10.8. The van der Waals surface area contributed by atoms with Crippen molar-refractivity contribution in [3.05, 3.63) is 47.5 Å². The van der Waals surface area contributed by atoms with Crippen molar-refractivity contribution in [2.24, 2.45) is 5.92 Å². The zero-order chi connectivity index (χ0) is 22.4. The molecule has 2 aromatic carbocycles. The fourth-order valence-corrected chi connectivity index (χ4v) is 2.63. The predicted molar refractivity (Wildman–Crippen MR) is 118 cm³/mol. The van der Waals surface area contributed by atoms with E-state index in [1.54, 1.807) is 38.1 Å². The van der Waals surface area contributed by atoms with Gasteiger partial charge in [0.15, 0.2) is 0 Å². The quantitative estimate of drug-likeness (QED) is 0.580. The number of aryl methyl sites for hydroxylation is 1. The van der Waals surface area contributed by atoms with E-state index in [0.717, 1.165) is 5.56 Å². The number of nitrogens with one attached hydrogen (secondary N) is 4. The first-order valence-corrected chi connectivity index (χ1v) is 9.48. The van der Waals surface area contributed by atoms with Crippen LogP contribution in [-0.4, -0.2) is 23.6 Å². The van der Waals surface area contributed by atoms with Gasteiger partial charge in [-0.25, -0.2) is 0 Å². The van der Waals surface area contributed by atoms with E-state index in [1.165, 1.54) is 26.0 Å². The van der Waals surface area contributed by atoms with Gasteiger partial charge in [-0.05, 0) is 42.8 Å². The molecule has 8 heteroatoms. The Morgan fingerprint density at radius 1 is 0.733 bits per heavy atom. The third-order valence-corrected chi connectivity index (χ3v) is 4.11. The first-order chi connectivity index (χ1) is 14.0. The molecule has 0 radical (unpaired) electrons. The summed E-state index contributed by atoms with van der Waals surface area (Å²) in [7, 11) is 0. The third kappa shape index (κ3) is 6.44. The van der Waals surface area contributed by atoms with E-state index in [1.807, 2.05) is 6.92 Å². The van der Waals surface area contributed by atoms with Gasteiger partial charge in [0.05, 0.1) is 0 Å². The Labute approximate surface area is 175 Å². The predicted octanol–water partition coefficient (Wildman–Crippen LogP) is 3.76. The Hall–Kier alpha value is -3.68. The highest BCUT2D eigenvalue weighted by Gasteiger charge is 2.13. The topological polar surface area (TPSA) is 116 Å². The average Bonchev–Trinajstić information content (AvgIpc) is 2.62. The minimum Gasteiger partial charge on any atom is -0.326 e. The maximum Gasteiger partial charge on any atom is 0.255 e. The number of anilines is 4. The van der Waals surface area contributed by atoms with Gasteiger partial charge in [-0.2, -0.15) is 0 Å². The molecule has 0 heterocycles. The van der Waals surface area contributed by atoms with Crippen LogP contribution in [0.1, 0.15) is 43.6 Å². The summed E-state index contributed by atoms with van der Waals surface area (Å²) in [6, 6.07) is 9.83. The molecule has 0 aliphatic rings. The fourth-order valence-electron chi connectivity index (χ4n) is 2.63. The normalized spacial score (nSPS) is 10.3. The summed E-state index contributed by atoms with van der Waals surface area (Å²) in [5.74, 6) is -1.33. The molecule has 0 unspecified atom stereocenters. The van der Waals surface area contributed by atoms with Crippen LogP contribution < -0.4 is 21.3 Å². The fraction of sp³-hybridized carbons (Fsp3) is 0.273. The van der Waals surface area contributed by atoms with Gasteiger partial charge >= 0.3 is 0 Å². The first kappa shape index (κ1) is 22.6. The zero-order valence-electron chi connectivity index (χ0n) is 17.7. The molecule has 30 heavy (non-hydrogen) atoms. The Kier molecular flexibility index (Phi) is 7.30. The number of hydrogen-bond donors (Lipinski definition) is 4. The average molecular weight is 410 g/mol. The number of carbonyl (C=O) groups excluding carboxylic acids is 4. The molecule has 2 aromatic rings. The van der Waals surface area contributed by atoms with Crippen LogP contribution >= 0.6 is 0 Å². The Bertz CT molecular complexity index is 964. The lowest BCUT2D eigenvalue weighted by Gasteiger charge is -2.14. The van der Waals surface area contributed by atoms with Crippen LogP contribution in [0, 0.1) is 12.8 Å². The second-order valence-electron chi connectivity index (χ2n) is 7.29. The Morgan fingerprint density at radius 3 is 1.80 bits per heavy atom. The largest absolute Gasteiger partial charge is 0.326 e. The van der Waals surface area contributed by atoms with Crippen LogP contribution in [0.4, 0.5) is 22.7 Å². The van der Waals surface area contributed by atoms with Gasteiger partial charge in [-0.15, -0.1) is 0 Å². The highest BCUT2D eigenvalue weighted by Crippen LogP contribution is 2.24.